The van der Waals surface area contributed by atoms with Crippen molar-refractivity contribution >= 4 is 0 Å². The van der Waals surface area contributed by atoms with Crippen LogP contribution < -0.4 is 5.32 Å². The van der Waals surface area contributed by atoms with E-state index in [9.17, 15) is 0 Å². The van der Waals surface area contributed by atoms with Crippen LogP contribution in [0.2, 0.25) is 0 Å². The molecule has 0 bridgehead atoms. The van der Waals surface area contributed by atoms with Crippen LogP contribution in [0.25, 0.3) is 0 Å². The van der Waals surface area contributed by atoms with Crippen LogP contribution in [-0.4, -0.2) is 12.6 Å². The van der Waals surface area contributed by atoms with Crippen molar-refractivity contribution < 1.29 is 0 Å². The van der Waals surface area contributed by atoms with Gasteiger partial charge in [0, 0.05) is 6.04 Å². The van der Waals surface area contributed by atoms with Gasteiger partial charge in [-0.2, -0.15) is 0 Å². The van der Waals surface area contributed by atoms with Crippen molar-refractivity contribution in [1.29, 1.82) is 0 Å². The van der Waals surface area contributed by atoms with Gasteiger partial charge in [0.2, 0.25) is 0 Å². The topological polar surface area (TPSA) is 12.0 Å². The molecule has 0 aliphatic heterocycles. The first kappa shape index (κ1) is 14.4. The maximum Gasteiger partial charge on any atom is 0.00954 e. The molecule has 0 aromatic rings. The Morgan fingerprint density at radius 1 is 0.944 bits per heavy atom. The molecule has 0 heterocycles. The Kier molecular flexibility index (Phi) is 6.54. The third kappa shape index (κ3) is 4.57. The van der Waals surface area contributed by atoms with E-state index in [1.165, 1.54) is 83.6 Å². The summed E-state index contributed by atoms with van der Waals surface area (Å²) < 4.78 is 0. The fraction of sp³-hybridized carbons (Fsp3) is 1.00. The van der Waals surface area contributed by atoms with Crippen molar-refractivity contribution in [2.45, 2.75) is 90.0 Å². The predicted octanol–water partition coefficient (Wildman–Crippen LogP) is 4.91. The zero-order valence-electron chi connectivity index (χ0n) is 12.4. The molecule has 0 amide bonds. The normalized spacial score (nSPS) is 24.5. The molecule has 1 heteroatoms. The molecular formula is C17H33N. The Morgan fingerprint density at radius 3 is 2.28 bits per heavy atom. The van der Waals surface area contributed by atoms with Crippen LogP contribution in [0.3, 0.4) is 0 Å². The first-order valence-corrected chi connectivity index (χ1v) is 8.63. The van der Waals surface area contributed by atoms with E-state index in [0.29, 0.717) is 0 Å². The predicted molar refractivity (Wildman–Crippen MR) is 79.8 cm³/mol. The molecule has 106 valence electrons. The highest BCUT2D eigenvalue weighted by molar-refractivity contribution is 4.81. The summed E-state index contributed by atoms with van der Waals surface area (Å²) in [7, 11) is 0. The Hall–Kier alpha value is -0.0400. The zero-order chi connectivity index (χ0) is 12.6. The second kappa shape index (κ2) is 8.19. The number of nitrogens with one attached hydrogen (secondary N) is 1. The van der Waals surface area contributed by atoms with Crippen molar-refractivity contribution in [2.75, 3.05) is 6.54 Å². The van der Waals surface area contributed by atoms with E-state index in [2.05, 4.69) is 12.2 Å². The highest BCUT2D eigenvalue weighted by atomic mass is 14.9. The zero-order valence-corrected chi connectivity index (χ0v) is 12.4. The summed E-state index contributed by atoms with van der Waals surface area (Å²) >= 11 is 0. The van der Waals surface area contributed by atoms with Crippen molar-refractivity contribution in [3.8, 4) is 0 Å². The molecule has 2 aliphatic rings. The molecule has 18 heavy (non-hydrogen) atoms. The number of hydrogen-bond donors (Lipinski definition) is 1. The van der Waals surface area contributed by atoms with E-state index in [-0.39, 0.29) is 0 Å². The lowest BCUT2D eigenvalue weighted by atomic mass is 9.81. The van der Waals surface area contributed by atoms with Gasteiger partial charge in [-0.25, -0.2) is 0 Å². The van der Waals surface area contributed by atoms with E-state index in [1.54, 1.807) is 0 Å². The molecular weight excluding hydrogens is 218 g/mol. The van der Waals surface area contributed by atoms with E-state index in [0.717, 1.165) is 17.9 Å². The third-order valence-corrected chi connectivity index (χ3v) is 5.24. The number of hydrogen-bond acceptors (Lipinski definition) is 1. The minimum absolute atomic E-state index is 0.839. The molecule has 0 saturated heterocycles. The van der Waals surface area contributed by atoms with Gasteiger partial charge in [-0.1, -0.05) is 51.9 Å². The average molecular weight is 251 g/mol. The molecule has 0 spiro atoms. The summed E-state index contributed by atoms with van der Waals surface area (Å²) in [6.07, 6.45) is 17.7. The van der Waals surface area contributed by atoms with Crippen molar-refractivity contribution in [3.05, 3.63) is 0 Å². The van der Waals surface area contributed by atoms with Gasteiger partial charge in [0.25, 0.3) is 0 Å². The van der Waals surface area contributed by atoms with Gasteiger partial charge in [-0.3, -0.25) is 0 Å². The van der Waals surface area contributed by atoms with Gasteiger partial charge in [-0.05, 0) is 50.5 Å². The maximum absolute atomic E-state index is 3.86. The average Bonchev–Trinajstić information content (AvgIpc) is 2.93. The lowest BCUT2D eigenvalue weighted by Gasteiger charge is -2.32. The smallest absolute Gasteiger partial charge is 0.00954 e. The molecule has 1 nitrogen and oxygen atoms in total. The molecule has 1 atom stereocenters. The minimum Gasteiger partial charge on any atom is -0.314 e. The van der Waals surface area contributed by atoms with Crippen molar-refractivity contribution in [2.24, 2.45) is 11.8 Å². The van der Waals surface area contributed by atoms with Gasteiger partial charge >= 0.3 is 0 Å². The summed E-state index contributed by atoms with van der Waals surface area (Å²) in [6.45, 7) is 3.52. The molecule has 2 fully saturated rings. The van der Waals surface area contributed by atoms with Gasteiger partial charge in [0.15, 0.2) is 0 Å². The second-order valence-electron chi connectivity index (χ2n) is 6.69. The maximum atomic E-state index is 3.86. The van der Waals surface area contributed by atoms with Crippen LogP contribution in [0.1, 0.15) is 84.0 Å². The third-order valence-electron chi connectivity index (χ3n) is 5.24. The van der Waals surface area contributed by atoms with Crippen LogP contribution in [-0.2, 0) is 0 Å². The molecule has 2 aliphatic carbocycles. The highest BCUT2D eigenvalue weighted by Gasteiger charge is 2.24. The van der Waals surface area contributed by atoms with Gasteiger partial charge in [-0.15, -0.1) is 0 Å². The molecule has 0 radical (unpaired) electrons. The van der Waals surface area contributed by atoms with Crippen LogP contribution in [0.4, 0.5) is 0 Å². The quantitative estimate of drug-likeness (QED) is 0.678. The van der Waals surface area contributed by atoms with E-state index in [1.807, 2.05) is 0 Å². The lowest BCUT2D eigenvalue weighted by molar-refractivity contribution is 0.246. The fourth-order valence-electron chi connectivity index (χ4n) is 4.08. The monoisotopic (exact) mass is 251 g/mol. The first-order chi connectivity index (χ1) is 8.90. The second-order valence-corrected chi connectivity index (χ2v) is 6.69. The van der Waals surface area contributed by atoms with Gasteiger partial charge in [0.05, 0.1) is 0 Å². The Bertz CT molecular complexity index is 202. The van der Waals surface area contributed by atoms with Crippen LogP contribution >= 0.6 is 0 Å². The summed E-state index contributed by atoms with van der Waals surface area (Å²) in [5.74, 6) is 2.06. The van der Waals surface area contributed by atoms with Crippen LogP contribution in [0, 0.1) is 11.8 Å². The summed E-state index contributed by atoms with van der Waals surface area (Å²) in [4.78, 5) is 0. The summed E-state index contributed by atoms with van der Waals surface area (Å²) in [5, 5.41) is 3.86. The van der Waals surface area contributed by atoms with Crippen molar-refractivity contribution in [3.63, 3.8) is 0 Å². The Morgan fingerprint density at radius 2 is 1.61 bits per heavy atom. The Balaban J connectivity index is 1.75. The standard InChI is InChI=1S/C17H33N/c1-2-14-18-17(16-10-4-3-5-11-16)13-12-15-8-6-7-9-15/h15-18H,2-14H2,1H3. The summed E-state index contributed by atoms with van der Waals surface area (Å²) in [6, 6.07) is 0.839. The SMILES string of the molecule is CCCNC(CCC1CCCC1)C1CCCCC1. The molecule has 0 aromatic carbocycles. The summed E-state index contributed by atoms with van der Waals surface area (Å²) in [5.41, 5.74) is 0. The molecule has 0 aromatic heterocycles. The van der Waals surface area contributed by atoms with Crippen LogP contribution in [0.5, 0.6) is 0 Å². The molecule has 2 saturated carbocycles. The molecule has 1 N–H and O–H groups in total. The van der Waals surface area contributed by atoms with Crippen LogP contribution in [0.15, 0.2) is 0 Å². The molecule has 2 rings (SSSR count). The fourth-order valence-corrected chi connectivity index (χ4v) is 4.08. The van der Waals surface area contributed by atoms with E-state index in [4.69, 9.17) is 0 Å². The van der Waals surface area contributed by atoms with Crippen molar-refractivity contribution in [1.82, 2.24) is 5.32 Å². The number of rotatable bonds is 7. The minimum atomic E-state index is 0.839. The Labute approximate surface area is 114 Å². The lowest BCUT2D eigenvalue weighted by Crippen LogP contribution is -2.38. The highest BCUT2D eigenvalue weighted by Crippen LogP contribution is 2.32. The molecule has 1 unspecified atom stereocenters. The van der Waals surface area contributed by atoms with Gasteiger partial charge < -0.3 is 5.32 Å². The van der Waals surface area contributed by atoms with E-state index < -0.39 is 0 Å². The van der Waals surface area contributed by atoms with Gasteiger partial charge in [0.1, 0.15) is 0 Å². The first-order valence-electron chi connectivity index (χ1n) is 8.63. The van der Waals surface area contributed by atoms with E-state index >= 15 is 0 Å². The largest absolute Gasteiger partial charge is 0.314 e.